The number of hydrogen-bond donors (Lipinski definition) is 0. The van der Waals surface area contributed by atoms with E-state index in [4.69, 9.17) is 22.1 Å². The first-order valence-corrected chi connectivity index (χ1v) is 13.6. The first kappa shape index (κ1) is 22.1. The summed E-state index contributed by atoms with van der Waals surface area (Å²) in [5.74, 6) is -1.21. The zero-order valence-corrected chi connectivity index (χ0v) is 18.8. The Bertz CT molecular complexity index is 725. The molecule has 1 unspecified atom stereocenters. The molecule has 0 fully saturated rings. The van der Waals surface area contributed by atoms with Crippen molar-refractivity contribution in [2.75, 3.05) is 0 Å². The average Bonchev–Trinajstić information content (AvgIpc) is 2.58. The summed E-state index contributed by atoms with van der Waals surface area (Å²) in [5.41, 5.74) is 1.83. The van der Waals surface area contributed by atoms with Gasteiger partial charge in [-0.3, -0.25) is 14.4 Å². The fourth-order valence-electron chi connectivity index (χ4n) is 2.84. The van der Waals surface area contributed by atoms with Crippen molar-refractivity contribution >= 4 is 35.3 Å². The van der Waals surface area contributed by atoms with Gasteiger partial charge in [-0.25, -0.2) is 0 Å². The van der Waals surface area contributed by atoms with Gasteiger partial charge in [-0.2, -0.15) is 0 Å². The van der Waals surface area contributed by atoms with Crippen LogP contribution < -0.4 is 4.43 Å². The Balaban J connectivity index is 2.19. The second kappa shape index (κ2) is 8.88. The molecule has 0 radical (unpaired) electrons. The topological polar surface area (TPSA) is 97.4 Å². The maximum absolute atomic E-state index is 11.5. The molecule has 0 amide bonds. The van der Waals surface area contributed by atoms with Crippen molar-refractivity contribution in [3.8, 4) is 5.75 Å². The SMILES string of the molecule is CC[Si]1(C)OCc2cc(CC[Si](OC(C)=O)(OC(C)=O)OC(C)=O)ccc2O1. The number of carbonyl (C=O) groups excluding carboxylic acids is 3. The molecule has 0 N–H and O–H groups in total. The minimum Gasteiger partial charge on any atom is -0.520 e. The summed E-state index contributed by atoms with van der Waals surface area (Å²) in [4.78, 5) is 34.5. The summed E-state index contributed by atoms with van der Waals surface area (Å²) in [6.07, 6.45) is 0.385. The van der Waals surface area contributed by atoms with E-state index in [0.717, 1.165) is 22.9 Å². The summed E-state index contributed by atoms with van der Waals surface area (Å²) >= 11 is 0. The summed E-state index contributed by atoms with van der Waals surface area (Å²) in [7, 11) is -5.98. The van der Waals surface area contributed by atoms with Crippen LogP contribution in [-0.4, -0.2) is 35.3 Å². The predicted octanol–water partition coefficient (Wildman–Crippen LogP) is 2.86. The van der Waals surface area contributed by atoms with E-state index in [0.29, 0.717) is 13.0 Å². The predicted molar refractivity (Wildman–Crippen MR) is 104 cm³/mol. The third-order valence-electron chi connectivity index (χ3n) is 4.24. The van der Waals surface area contributed by atoms with Crippen LogP contribution in [-0.2, 0) is 45.1 Å². The van der Waals surface area contributed by atoms with Gasteiger partial charge in [0.25, 0.3) is 17.9 Å². The molecular weight excluding hydrogens is 400 g/mol. The molecule has 0 saturated carbocycles. The Morgan fingerprint density at radius 1 is 1.07 bits per heavy atom. The zero-order valence-electron chi connectivity index (χ0n) is 16.8. The van der Waals surface area contributed by atoms with Gasteiger partial charge in [-0.05, 0) is 36.7 Å². The molecule has 154 valence electrons. The number of hydrogen-bond acceptors (Lipinski definition) is 8. The summed E-state index contributed by atoms with van der Waals surface area (Å²) in [5, 5.41) is 0. The Morgan fingerprint density at radius 3 is 2.14 bits per heavy atom. The van der Waals surface area contributed by atoms with Gasteiger partial charge in [-0.1, -0.05) is 13.0 Å². The summed E-state index contributed by atoms with van der Waals surface area (Å²) in [6, 6.07) is 6.67. The Kier molecular flexibility index (Phi) is 7.02. The molecule has 0 bridgehead atoms. The number of aryl methyl sites for hydroxylation is 1. The van der Waals surface area contributed by atoms with Gasteiger partial charge in [0, 0.05) is 26.3 Å². The van der Waals surface area contributed by atoms with Crippen LogP contribution in [0, 0.1) is 0 Å². The van der Waals surface area contributed by atoms with Crippen molar-refractivity contribution in [3.63, 3.8) is 0 Å². The van der Waals surface area contributed by atoms with Gasteiger partial charge in [0.1, 0.15) is 5.75 Å². The van der Waals surface area contributed by atoms with E-state index < -0.39 is 35.3 Å². The van der Waals surface area contributed by atoms with E-state index in [9.17, 15) is 14.4 Å². The highest BCUT2D eigenvalue weighted by molar-refractivity contribution is 6.67. The minimum absolute atomic E-state index is 0.0909. The molecule has 1 atom stereocenters. The molecular formula is C18H26O8Si2. The molecule has 0 aliphatic carbocycles. The smallest absolute Gasteiger partial charge is 0.520 e. The lowest BCUT2D eigenvalue weighted by molar-refractivity contribution is -0.147. The molecule has 8 nitrogen and oxygen atoms in total. The molecule has 1 aliphatic rings. The third kappa shape index (κ3) is 5.91. The third-order valence-corrected chi connectivity index (χ3v) is 9.59. The highest BCUT2D eigenvalue weighted by Crippen LogP contribution is 2.32. The number of carbonyl (C=O) groups is 3. The quantitative estimate of drug-likeness (QED) is 0.614. The number of rotatable bonds is 7. The van der Waals surface area contributed by atoms with E-state index in [2.05, 4.69) is 6.92 Å². The second-order valence-electron chi connectivity index (χ2n) is 6.78. The minimum atomic E-state index is -3.84. The molecule has 1 aliphatic heterocycles. The van der Waals surface area contributed by atoms with E-state index >= 15 is 0 Å². The summed E-state index contributed by atoms with van der Waals surface area (Å²) < 4.78 is 27.6. The average molecular weight is 427 g/mol. The van der Waals surface area contributed by atoms with Gasteiger partial charge in [-0.15, -0.1) is 0 Å². The van der Waals surface area contributed by atoms with Gasteiger partial charge in [0.2, 0.25) is 0 Å². The molecule has 0 spiro atoms. The molecule has 28 heavy (non-hydrogen) atoms. The van der Waals surface area contributed by atoms with Crippen LogP contribution in [0.1, 0.15) is 38.8 Å². The molecule has 0 aromatic heterocycles. The maximum Gasteiger partial charge on any atom is 0.705 e. The molecule has 1 heterocycles. The van der Waals surface area contributed by atoms with Crippen LogP contribution in [0.15, 0.2) is 18.2 Å². The normalized spacial score (nSPS) is 18.5. The van der Waals surface area contributed by atoms with Crippen molar-refractivity contribution in [2.45, 2.75) is 59.4 Å². The number of fused-ring (bicyclic) bond motifs is 1. The van der Waals surface area contributed by atoms with Gasteiger partial charge in [0.15, 0.2) is 0 Å². The lowest BCUT2D eigenvalue weighted by Gasteiger charge is -2.33. The van der Waals surface area contributed by atoms with Crippen LogP contribution in [0.3, 0.4) is 0 Å². The van der Waals surface area contributed by atoms with Crippen molar-refractivity contribution in [3.05, 3.63) is 29.3 Å². The highest BCUT2D eigenvalue weighted by atomic mass is 28.4. The van der Waals surface area contributed by atoms with Crippen molar-refractivity contribution in [2.24, 2.45) is 0 Å². The monoisotopic (exact) mass is 426 g/mol. The van der Waals surface area contributed by atoms with Crippen molar-refractivity contribution in [1.82, 2.24) is 0 Å². The van der Waals surface area contributed by atoms with E-state index in [1.54, 1.807) is 0 Å². The van der Waals surface area contributed by atoms with E-state index in [1.807, 2.05) is 24.7 Å². The number of benzene rings is 1. The lowest BCUT2D eigenvalue weighted by atomic mass is 10.1. The lowest BCUT2D eigenvalue weighted by Crippen LogP contribution is -2.49. The Hall–Kier alpha value is -2.18. The van der Waals surface area contributed by atoms with Crippen LogP contribution in [0.25, 0.3) is 0 Å². The van der Waals surface area contributed by atoms with Crippen molar-refractivity contribution in [1.29, 1.82) is 0 Å². The molecule has 1 aromatic carbocycles. The van der Waals surface area contributed by atoms with Crippen LogP contribution >= 0.6 is 0 Å². The fraction of sp³-hybridized carbons (Fsp3) is 0.500. The Morgan fingerprint density at radius 2 is 1.64 bits per heavy atom. The maximum atomic E-state index is 11.5. The van der Waals surface area contributed by atoms with Crippen LogP contribution in [0.4, 0.5) is 0 Å². The zero-order chi connectivity index (χ0) is 20.9. The molecule has 2 rings (SSSR count). The largest absolute Gasteiger partial charge is 0.705 e. The summed E-state index contributed by atoms with van der Waals surface area (Å²) in [6.45, 7) is 8.08. The second-order valence-corrected chi connectivity index (χ2v) is 12.7. The fourth-order valence-corrected chi connectivity index (χ4v) is 6.71. The van der Waals surface area contributed by atoms with Crippen LogP contribution in [0.2, 0.25) is 18.6 Å². The first-order chi connectivity index (χ1) is 13.1. The van der Waals surface area contributed by atoms with Crippen LogP contribution in [0.5, 0.6) is 5.75 Å². The standard InChI is InChI=1S/C18H26O8Si2/c1-6-27(5)22-12-17-11-16(7-8-18(17)26-27)9-10-28(23-13(2)19,24-14(3)20)25-15(4)21/h7-8,11H,6,9-10,12H2,1-5H3. The molecule has 1 aromatic rings. The van der Waals surface area contributed by atoms with Gasteiger partial charge in [0.05, 0.1) is 12.7 Å². The van der Waals surface area contributed by atoms with Gasteiger partial charge < -0.3 is 22.1 Å². The van der Waals surface area contributed by atoms with Gasteiger partial charge >= 0.3 is 17.4 Å². The Labute approximate surface area is 166 Å². The molecule has 10 heteroatoms. The highest BCUT2D eigenvalue weighted by Gasteiger charge is 2.51. The van der Waals surface area contributed by atoms with E-state index in [-0.39, 0.29) is 6.04 Å². The van der Waals surface area contributed by atoms with Crippen molar-refractivity contribution < 1.29 is 36.5 Å². The molecule has 0 saturated heterocycles. The first-order valence-electron chi connectivity index (χ1n) is 9.10. The van der Waals surface area contributed by atoms with E-state index in [1.165, 1.54) is 20.8 Å².